The van der Waals surface area contributed by atoms with Crippen molar-refractivity contribution in [3.8, 4) is 0 Å². The van der Waals surface area contributed by atoms with Crippen LogP contribution in [0.2, 0.25) is 0 Å². The van der Waals surface area contributed by atoms with Crippen LogP contribution >= 0.6 is 11.8 Å². The second-order valence-corrected chi connectivity index (χ2v) is 6.27. The van der Waals surface area contributed by atoms with Gasteiger partial charge in [-0.2, -0.15) is 11.8 Å². The number of para-hydroxylation sites is 2. The Morgan fingerprint density at radius 2 is 2.14 bits per heavy atom. The van der Waals surface area contributed by atoms with E-state index in [0.717, 1.165) is 28.2 Å². The van der Waals surface area contributed by atoms with E-state index in [1.807, 2.05) is 53.8 Å². The molecule has 0 bridgehead atoms. The largest absolute Gasteiger partial charge is 0.337 e. The van der Waals surface area contributed by atoms with Crippen molar-refractivity contribution in [3.63, 3.8) is 0 Å². The van der Waals surface area contributed by atoms with Crippen LogP contribution in [0.5, 0.6) is 0 Å². The number of carbonyl (C=O) groups excluding carboxylic acids is 1. The first-order chi connectivity index (χ1) is 10.6. The van der Waals surface area contributed by atoms with Crippen LogP contribution in [0.25, 0.3) is 11.0 Å². The highest BCUT2D eigenvalue weighted by Crippen LogP contribution is 2.19. The molecule has 0 fully saturated rings. The molecule has 118 valence electrons. The van der Waals surface area contributed by atoms with E-state index >= 15 is 0 Å². The second kappa shape index (κ2) is 7.49. The molecule has 0 radical (unpaired) electrons. The normalized spacial score (nSPS) is 10.9. The van der Waals surface area contributed by atoms with Crippen molar-refractivity contribution in [3.05, 3.63) is 42.2 Å². The minimum atomic E-state index is 0.107. The summed E-state index contributed by atoms with van der Waals surface area (Å²) in [7, 11) is 0. The van der Waals surface area contributed by atoms with Crippen LogP contribution in [-0.2, 0) is 17.1 Å². The van der Waals surface area contributed by atoms with Gasteiger partial charge in [0.05, 0.1) is 16.8 Å². The van der Waals surface area contributed by atoms with Crippen molar-refractivity contribution in [2.45, 2.75) is 26.1 Å². The van der Waals surface area contributed by atoms with Gasteiger partial charge in [0.2, 0.25) is 5.91 Å². The van der Waals surface area contributed by atoms with Crippen molar-refractivity contribution in [2.24, 2.45) is 0 Å². The minimum absolute atomic E-state index is 0.107. The Hall–Kier alpha value is -1.75. The molecule has 1 aromatic heterocycles. The van der Waals surface area contributed by atoms with Crippen molar-refractivity contribution in [1.82, 2.24) is 14.5 Å². The number of imidazole rings is 1. The zero-order valence-electron chi connectivity index (χ0n) is 13.5. The first-order valence-electron chi connectivity index (χ1n) is 7.42. The Morgan fingerprint density at radius 1 is 1.41 bits per heavy atom. The Bertz CT molecular complexity index is 678. The highest BCUT2D eigenvalue weighted by molar-refractivity contribution is 7.97. The molecule has 0 spiro atoms. The molecular weight excluding hydrogens is 294 g/mol. The number of carbonyl (C=O) groups is 1. The Kier molecular flexibility index (Phi) is 5.66. The maximum atomic E-state index is 12.6. The highest BCUT2D eigenvalue weighted by atomic mass is 32.2. The van der Waals surface area contributed by atoms with Gasteiger partial charge in [0.15, 0.2) is 0 Å². The standard InChI is InChI=1S/C17H23N3OS/c1-5-19(10-13(2)3)17(21)11-20-15-9-7-6-8-14(15)18-16(20)12-22-4/h6-9H,2,5,10-12H2,1,3-4H3. The lowest BCUT2D eigenvalue weighted by atomic mass is 10.3. The lowest BCUT2D eigenvalue weighted by molar-refractivity contribution is -0.131. The number of hydrogen-bond donors (Lipinski definition) is 0. The third-order valence-corrected chi connectivity index (χ3v) is 4.04. The van der Waals surface area contributed by atoms with Crippen molar-refractivity contribution in [2.75, 3.05) is 19.3 Å². The van der Waals surface area contributed by atoms with Gasteiger partial charge < -0.3 is 9.47 Å². The van der Waals surface area contributed by atoms with Crippen LogP contribution in [-0.4, -0.2) is 39.7 Å². The summed E-state index contributed by atoms with van der Waals surface area (Å²) in [5, 5.41) is 0. The summed E-state index contributed by atoms with van der Waals surface area (Å²) in [6.45, 7) is 9.48. The van der Waals surface area contributed by atoms with Crippen LogP contribution in [0.3, 0.4) is 0 Å². The molecule has 1 amide bonds. The maximum Gasteiger partial charge on any atom is 0.242 e. The quantitative estimate of drug-likeness (QED) is 0.735. The third kappa shape index (κ3) is 3.71. The molecule has 0 N–H and O–H groups in total. The topological polar surface area (TPSA) is 38.1 Å². The molecule has 2 aromatic rings. The van der Waals surface area contributed by atoms with Crippen molar-refractivity contribution < 1.29 is 4.79 Å². The fourth-order valence-corrected chi connectivity index (χ4v) is 2.96. The zero-order valence-corrected chi connectivity index (χ0v) is 14.3. The minimum Gasteiger partial charge on any atom is -0.337 e. The van der Waals surface area contributed by atoms with Gasteiger partial charge in [-0.15, -0.1) is 0 Å². The maximum absolute atomic E-state index is 12.6. The van der Waals surface area contributed by atoms with Gasteiger partial charge in [0.25, 0.3) is 0 Å². The summed E-state index contributed by atoms with van der Waals surface area (Å²) in [6, 6.07) is 7.98. The molecule has 0 saturated heterocycles. The van der Waals surface area contributed by atoms with Crippen LogP contribution in [0.4, 0.5) is 0 Å². The number of amides is 1. The number of aromatic nitrogens is 2. The number of fused-ring (bicyclic) bond motifs is 1. The first-order valence-corrected chi connectivity index (χ1v) is 8.81. The van der Waals surface area contributed by atoms with E-state index in [2.05, 4.69) is 11.6 Å². The first kappa shape index (κ1) is 16.6. The summed E-state index contributed by atoms with van der Waals surface area (Å²) in [5.41, 5.74) is 2.96. The Balaban J connectivity index is 2.31. The van der Waals surface area contributed by atoms with Gasteiger partial charge >= 0.3 is 0 Å². The van der Waals surface area contributed by atoms with E-state index in [1.165, 1.54) is 0 Å². The highest BCUT2D eigenvalue weighted by Gasteiger charge is 2.17. The number of likely N-dealkylation sites (N-methyl/N-ethyl adjacent to an activating group) is 1. The molecule has 2 rings (SSSR count). The van der Waals surface area contributed by atoms with E-state index in [4.69, 9.17) is 0 Å². The van der Waals surface area contributed by atoms with Crippen LogP contribution in [0.15, 0.2) is 36.4 Å². The monoisotopic (exact) mass is 317 g/mol. The van der Waals surface area contributed by atoms with Gasteiger partial charge in [-0.3, -0.25) is 4.79 Å². The average Bonchev–Trinajstić information content (AvgIpc) is 2.83. The SMILES string of the molecule is C=C(C)CN(CC)C(=O)Cn1c(CSC)nc2ccccc21. The lowest BCUT2D eigenvalue weighted by Gasteiger charge is -2.22. The summed E-state index contributed by atoms with van der Waals surface area (Å²) < 4.78 is 2.04. The van der Waals surface area contributed by atoms with Crippen LogP contribution in [0.1, 0.15) is 19.7 Å². The lowest BCUT2D eigenvalue weighted by Crippen LogP contribution is -2.35. The molecule has 0 aliphatic carbocycles. The predicted octanol–water partition coefficient (Wildman–Crippen LogP) is 3.32. The van der Waals surface area contributed by atoms with E-state index in [1.54, 1.807) is 11.8 Å². The number of hydrogen-bond acceptors (Lipinski definition) is 3. The molecule has 0 saturated carbocycles. The number of rotatable bonds is 7. The molecule has 5 heteroatoms. The van der Waals surface area contributed by atoms with E-state index < -0.39 is 0 Å². The Labute approximate surface area is 136 Å². The zero-order chi connectivity index (χ0) is 16.1. The van der Waals surface area contributed by atoms with E-state index in [9.17, 15) is 4.79 Å². The fraction of sp³-hybridized carbons (Fsp3) is 0.412. The molecule has 4 nitrogen and oxygen atoms in total. The number of benzene rings is 1. The molecule has 0 atom stereocenters. The van der Waals surface area contributed by atoms with Crippen LogP contribution in [0, 0.1) is 0 Å². The third-order valence-electron chi connectivity index (χ3n) is 3.50. The summed E-state index contributed by atoms with van der Waals surface area (Å²) in [5.74, 6) is 1.86. The predicted molar refractivity (Wildman–Crippen MR) is 94.0 cm³/mol. The van der Waals surface area contributed by atoms with E-state index in [-0.39, 0.29) is 5.91 Å². The summed E-state index contributed by atoms with van der Waals surface area (Å²) in [6.07, 6.45) is 2.05. The number of thioether (sulfide) groups is 1. The molecule has 0 aliphatic rings. The Morgan fingerprint density at radius 3 is 2.77 bits per heavy atom. The second-order valence-electron chi connectivity index (χ2n) is 5.40. The summed E-state index contributed by atoms with van der Waals surface area (Å²) in [4.78, 5) is 19.1. The summed E-state index contributed by atoms with van der Waals surface area (Å²) >= 11 is 1.71. The van der Waals surface area contributed by atoms with E-state index in [0.29, 0.717) is 19.6 Å². The van der Waals surface area contributed by atoms with Gasteiger partial charge in [-0.25, -0.2) is 4.98 Å². The number of nitrogens with zero attached hydrogens (tertiary/aromatic N) is 3. The molecular formula is C17H23N3OS. The molecule has 0 unspecified atom stereocenters. The smallest absolute Gasteiger partial charge is 0.242 e. The fourth-order valence-electron chi connectivity index (χ4n) is 2.48. The van der Waals surface area contributed by atoms with Crippen molar-refractivity contribution >= 4 is 28.7 Å². The van der Waals surface area contributed by atoms with Gasteiger partial charge in [0.1, 0.15) is 12.4 Å². The van der Waals surface area contributed by atoms with Crippen LogP contribution < -0.4 is 0 Å². The molecule has 0 aliphatic heterocycles. The molecule has 1 aromatic carbocycles. The molecule has 1 heterocycles. The van der Waals surface area contributed by atoms with Gasteiger partial charge in [0, 0.05) is 13.1 Å². The van der Waals surface area contributed by atoms with Gasteiger partial charge in [-0.05, 0) is 32.2 Å². The molecule has 22 heavy (non-hydrogen) atoms. The van der Waals surface area contributed by atoms with Crippen molar-refractivity contribution in [1.29, 1.82) is 0 Å². The van der Waals surface area contributed by atoms with Gasteiger partial charge in [-0.1, -0.05) is 24.3 Å². The average molecular weight is 317 g/mol.